The fourth-order valence-electron chi connectivity index (χ4n) is 2.11. The minimum atomic E-state index is -0.468. The molecule has 0 aliphatic heterocycles. The number of aromatic nitrogens is 2. The number of hydrogen-bond donors (Lipinski definition) is 0. The van der Waals surface area contributed by atoms with Gasteiger partial charge in [0.05, 0.1) is 10.4 Å². The molecule has 5 nitrogen and oxygen atoms in total. The van der Waals surface area contributed by atoms with Gasteiger partial charge in [0.15, 0.2) is 5.82 Å². The summed E-state index contributed by atoms with van der Waals surface area (Å²) in [6, 6.07) is 12.1. The van der Waals surface area contributed by atoms with Gasteiger partial charge in [-0.1, -0.05) is 35.4 Å². The number of aryl methyl sites for hydroxylation is 1. The number of halogens is 1. The van der Waals surface area contributed by atoms with Crippen molar-refractivity contribution in [3.63, 3.8) is 0 Å². The maximum absolute atomic E-state index is 10.8. The fourth-order valence-corrected chi connectivity index (χ4v) is 2.34. The van der Waals surface area contributed by atoms with Gasteiger partial charge < -0.3 is 0 Å². The van der Waals surface area contributed by atoms with E-state index < -0.39 is 4.92 Å². The van der Waals surface area contributed by atoms with Gasteiger partial charge in [0.1, 0.15) is 5.15 Å². The highest BCUT2D eigenvalue weighted by atomic mass is 35.5. The van der Waals surface area contributed by atoms with E-state index in [0.29, 0.717) is 16.7 Å². The van der Waals surface area contributed by atoms with Crippen molar-refractivity contribution < 1.29 is 4.92 Å². The first-order valence-electron chi connectivity index (χ1n) is 6.23. The fraction of sp³-hybridized carbons (Fsp3) is 0.0667. The lowest BCUT2D eigenvalue weighted by molar-refractivity contribution is -0.384. The first kappa shape index (κ1) is 13.5. The van der Waals surface area contributed by atoms with Gasteiger partial charge >= 0.3 is 0 Å². The molecule has 3 aromatic rings. The minimum absolute atomic E-state index is 0.0312. The minimum Gasteiger partial charge on any atom is -0.258 e. The first-order valence-corrected chi connectivity index (χ1v) is 6.61. The van der Waals surface area contributed by atoms with Crippen molar-refractivity contribution in [3.8, 4) is 11.4 Å². The van der Waals surface area contributed by atoms with Gasteiger partial charge in [-0.05, 0) is 19.1 Å². The zero-order valence-corrected chi connectivity index (χ0v) is 11.8. The molecule has 0 bridgehead atoms. The maximum Gasteiger partial charge on any atom is 0.270 e. The number of hydrogen-bond acceptors (Lipinski definition) is 4. The average Bonchev–Trinajstić information content (AvgIpc) is 2.46. The molecule has 0 aliphatic carbocycles. The van der Waals surface area contributed by atoms with Crippen molar-refractivity contribution in [2.45, 2.75) is 6.92 Å². The molecule has 0 saturated heterocycles. The van der Waals surface area contributed by atoms with Gasteiger partial charge in [-0.3, -0.25) is 10.1 Å². The Labute approximate surface area is 125 Å². The van der Waals surface area contributed by atoms with Crippen molar-refractivity contribution in [2.75, 3.05) is 0 Å². The van der Waals surface area contributed by atoms with E-state index in [-0.39, 0.29) is 10.8 Å². The second-order valence-corrected chi connectivity index (χ2v) is 5.02. The van der Waals surface area contributed by atoms with Gasteiger partial charge in [-0.15, -0.1) is 0 Å². The largest absolute Gasteiger partial charge is 0.270 e. The topological polar surface area (TPSA) is 68.9 Å². The van der Waals surface area contributed by atoms with Gasteiger partial charge in [-0.2, -0.15) is 0 Å². The van der Waals surface area contributed by atoms with Crippen molar-refractivity contribution in [2.24, 2.45) is 0 Å². The number of rotatable bonds is 2. The van der Waals surface area contributed by atoms with Crippen LogP contribution >= 0.6 is 11.6 Å². The molecule has 21 heavy (non-hydrogen) atoms. The Kier molecular flexibility index (Phi) is 3.27. The highest BCUT2D eigenvalue weighted by Crippen LogP contribution is 2.28. The van der Waals surface area contributed by atoms with Crippen molar-refractivity contribution in [1.82, 2.24) is 9.97 Å². The maximum atomic E-state index is 10.8. The van der Waals surface area contributed by atoms with Gasteiger partial charge in [-0.25, -0.2) is 9.97 Å². The van der Waals surface area contributed by atoms with E-state index in [0.717, 1.165) is 11.1 Å². The SMILES string of the molecule is Cc1cccc(-c2nc(Cl)c3cc([N+](=O)[O-])ccc3n2)c1. The predicted molar refractivity (Wildman–Crippen MR) is 81.4 cm³/mol. The Morgan fingerprint density at radius 2 is 1.95 bits per heavy atom. The van der Waals surface area contributed by atoms with Crippen molar-refractivity contribution in [3.05, 3.63) is 63.3 Å². The third kappa shape index (κ3) is 2.55. The van der Waals surface area contributed by atoms with Gasteiger partial charge in [0.2, 0.25) is 0 Å². The average molecular weight is 300 g/mol. The van der Waals surface area contributed by atoms with Crippen LogP contribution in [0.5, 0.6) is 0 Å². The van der Waals surface area contributed by atoms with E-state index in [2.05, 4.69) is 9.97 Å². The lowest BCUT2D eigenvalue weighted by atomic mass is 10.1. The summed E-state index contributed by atoms with van der Waals surface area (Å²) in [7, 11) is 0. The van der Waals surface area contributed by atoms with Crippen molar-refractivity contribution >= 4 is 28.2 Å². The van der Waals surface area contributed by atoms with Crippen LogP contribution in [0, 0.1) is 17.0 Å². The first-order chi connectivity index (χ1) is 10.0. The summed E-state index contributed by atoms with van der Waals surface area (Å²) in [5.41, 5.74) is 2.50. The van der Waals surface area contributed by atoms with E-state index in [1.165, 1.54) is 12.1 Å². The Balaban J connectivity index is 2.20. The molecular weight excluding hydrogens is 290 g/mol. The molecule has 0 spiro atoms. The normalized spacial score (nSPS) is 10.8. The van der Waals surface area contributed by atoms with Crippen LogP contribution in [0.1, 0.15) is 5.56 Å². The Bertz CT molecular complexity index is 865. The van der Waals surface area contributed by atoms with E-state index >= 15 is 0 Å². The molecule has 0 radical (unpaired) electrons. The molecule has 0 atom stereocenters. The molecule has 0 aliphatic rings. The predicted octanol–water partition coefficient (Wildman–Crippen LogP) is 4.17. The number of fused-ring (bicyclic) bond motifs is 1. The molecule has 3 rings (SSSR count). The van der Waals surface area contributed by atoms with Crippen LogP contribution in [-0.4, -0.2) is 14.9 Å². The molecule has 0 amide bonds. The van der Waals surface area contributed by atoms with Crippen LogP contribution in [0.2, 0.25) is 5.15 Å². The summed E-state index contributed by atoms with van der Waals surface area (Å²) < 4.78 is 0. The van der Waals surface area contributed by atoms with Crippen LogP contribution in [-0.2, 0) is 0 Å². The second-order valence-electron chi connectivity index (χ2n) is 4.67. The molecule has 1 heterocycles. The van der Waals surface area contributed by atoms with Crippen LogP contribution in [0.4, 0.5) is 5.69 Å². The number of nitro groups is 1. The zero-order chi connectivity index (χ0) is 15.0. The zero-order valence-electron chi connectivity index (χ0n) is 11.1. The molecule has 6 heteroatoms. The Morgan fingerprint density at radius 1 is 1.14 bits per heavy atom. The van der Waals surface area contributed by atoms with E-state index in [9.17, 15) is 10.1 Å². The summed E-state index contributed by atoms with van der Waals surface area (Å²) in [5, 5.41) is 11.5. The summed E-state index contributed by atoms with van der Waals surface area (Å²) in [6.45, 7) is 1.98. The summed E-state index contributed by atoms with van der Waals surface area (Å²) in [4.78, 5) is 19.0. The third-order valence-corrected chi connectivity index (χ3v) is 3.41. The number of non-ortho nitro benzene ring substituents is 1. The number of nitrogens with zero attached hydrogens (tertiary/aromatic N) is 3. The number of nitro benzene ring substituents is 1. The summed E-state index contributed by atoms with van der Waals surface area (Å²) in [6.07, 6.45) is 0. The van der Waals surface area contributed by atoms with Crippen LogP contribution in [0.3, 0.4) is 0 Å². The number of benzene rings is 2. The smallest absolute Gasteiger partial charge is 0.258 e. The molecule has 0 fully saturated rings. The Hall–Kier alpha value is -2.53. The summed E-state index contributed by atoms with van der Waals surface area (Å²) in [5.74, 6) is 0.505. The molecule has 104 valence electrons. The van der Waals surface area contributed by atoms with Gasteiger partial charge in [0.25, 0.3) is 5.69 Å². The molecule has 2 aromatic carbocycles. The quantitative estimate of drug-likeness (QED) is 0.404. The second kappa shape index (κ2) is 5.10. The van der Waals surface area contributed by atoms with Gasteiger partial charge in [0, 0.05) is 23.1 Å². The Morgan fingerprint density at radius 3 is 2.67 bits per heavy atom. The lowest BCUT2D eigenvalue weighted by Crippen LogP contribution is -1.94. The third-order valence-electron chi connectivity index (χ3n) is 3.12. The molecule has 0 saturated carbocycles. The van der Waals surface area contributed by atoms with Crippen LogP contribution in [0.15, 0.2) is 42.5 Å². The van der Waals surface area contributed by atoms with Crippen LogP contribution in [0.25, 0.3) is 22.3 Å². The molecule has 0 unspecified atom stereocenters. The standard InChI is InChI=1S/C15H10ClN3O2/c1-9-3-2-4-10(7-9)15-17-13-6-5-11(19(20)21)8-12(13)14(16)18-15/h2-8H,1H3. The van der Waals surface area contributed by atoms with E-state index in [1.807, 2.05) is 31.2 Å². The molecule has 1 aromatic heterocycles. The lowest BCUT2D eigenvalue weighted by Gasteiger charge is -2.05. The van der Waals surface area contributed by atoms with Crippen molar-refractivity contribution in [1.29, 1.82) is 0 Å². The van der Waals surface area contributed by atoms with Crippen LogP contribution < -0.4 is 0 Å². The molecule has 0 N–H and O–H groups in total. The summed E-state index contributed by atoms with van der Waals surface area (Å²) >= 11 is 6.15. The van der Waals surface area contributed by atoms with E-state index in [4.69, 9.17) is 11.6 Å². The highest BCUT2D eigenvalue weighted by Gasteiger charge is 2.12. The molecular formula is C15H10ClN3O2. The monoisotopic (exact) mass is 299 g/mol. The van der Waals surface area contributed by atoms with E-state index in [1.54, 1.807) is 6.07 Å². The highest BCUT2D eigenvalue weighted by molar-refractivity contribution is 6.34.